The lowest BCUT2D eigenvalue weighted by Crippen LogP contribution is -2.32. The SMILES string of the molecule is CC(O)C(C)(C)O.CC(OC(=O)c1cccc(Cl)c1)C(C)OC(=O)c1cccc(Cl)c1. The average Bonchev–Trinajstić information content (AvgIpc) is 2.67. The molecule has 0 saturated carbocycles. The van der Waals surface area contributed by atoms with Crippen molar-refractivity contribution in [3.8, 4) is 0 Å². The molecular formula is C23H28Cl2O6. The van der Waals surface area contributed by atoms with Crippen LogP contribution < -0.4 is 0 Å². The van der Waals surface area contributed by atoms with E-state index < -0.39 is 35.9 Å². The van der Waals surface area contributed by atoms with Crippen LogP contribution in [0.1, 0.15) is 55.3 Å². The molecule has 2 aromatic rings. The zero-order valence-corrected chi connectivity index (χ0v) is 19.6. The van der Waals surface area contributed by atoms with E-state index in [1.807, 2.05) is 0 Å². The molecule has 0 aliphatic rings. The number of carbonyl (C=O) groups is 2. The predicted octanol–water partition coefficient (Wildman–Crippen LogP) is 4.92. The number of hydrogen-bond donors (Lipinski definition) is 2. The Morgan fingerprint density at radius 2 is 1.16 bits per heavy atom. The van der Waals surface area contributed by atoms with Gasteiger partial charge >= 0.3 is 11.9 Å². The minimum Gasteiger partial charge on any atom is -0.455 e. The van der Waals surface area contributed by atoms with Gasteiger partial charge in [0.2, 0.25) is 0 Å². The largest absolute Gasteiger partial charge is 0.455 e. The number of aliphatic hydroxyl groups excluding tert-OH is 1. The summed E-state index contributed by atoms with van der Waals surface area (Å²) in [5, 5.41) is 18.4. The Morgan fingerprint density at radius 3 is 1.42 bits per heavy atom. The zero-order valence-electron chi connectivity index (χ0n) is 18.1. The number of halogens is 2. The van der Waals surface area contributed by atoms with E-state index in [9.17, 15) is 9.59 Å². The Bertz CT molecular complexity index is 813. The van der Waals surface area contributed by atoms with Crippen molar-refractivity contribution in [2.24, 2.45) is 0 Å². The molecule has 0 aromatic heterocycles. The van der Waals surface area contributed by atoms with Gasteiger partial charge in [0.05, 0.1) is 22.8 Å². The number of benzene rings is 2. The molecule has 0 heterocycles. The van der Waals surface area contributed by atoms with Gasteiger partial charge in [-0.25, -0.2) is 9.59 Å². The molecule has 0 fully saturated rings. The lowest BCUT2D eigenvalue weighted by atomic mass is 10.0. The van der Waals surface area contributed by atoms with Gasteiger partial charge in [-0.15, -0.1) is 0 Å². The summed E-state index contributed by atoms with van der Waals surface area (Å²) in [6.07, 6.45) is -1.90. The monoisotopic (exact) mass is 470 g/mol. The molecule has 2 N–H and O–H groups in total. The first kappa shape index (κ1) is 26.9. The van der Waals surface area contributed by atoms with Gasteiger partial charge in [-0.2, -0.15) is 0 Å². The Balaban J connectivity index is 0.000000592. The summed E-state index contributed by atoms with van der Waals surface area (Å²) < 4.78 is 10.6. The number of aliphatic hydroxyl groups is 2. The summed E-state index contributed by atoms with van der Waals surface area (Å²) in [6.45, 7) is 7.99. The van der Waals surface area contributed by atoms with Gasteiger partial charge in [0.15, 0.2) is 0 Å². The van der Waals surface area contributed by atoms with E-state index in [0.717, 1.165) is 0 Å². The molecule has 0 amide bonds. The van der Waals surface area contributed by atoms with Crippen LogP contribution in [0.3, 0.4) is 0 Å². The maximum Gasteiger partial charge on any atom is 0.338 e. The number of ether oxygens (including phenoxy) is 2. The van der Waals surface area contributed by atoms with E-state index in [2.05, 4.69) is 0 Å². The summed E-state index contributed by atoms with van der Waals surface area (Å²) in [4.78, 5) is 24.1. The lowest BCUT2D eigenvalue weighted by molar-refractivity contribution is -0.0375. The lowest BCUT2D eigenvalue weighted by Gasteiger charge is -2.21. The third-order valence-corrected chi connectivity index (χ3v) is 4.86. The van der Waals surface area contributed by atoms with Crippen LogP contribution >= 0.6 is 23.2 Å². The summed E-state index contributed by atoms with van der Waals surface area (Å²) in [5.41, 5.74) is -0.273. The normalized spacial score (nSPS) is 13.8. The van der Waals surface area contributed by atoms with Crippen molar-refractivity contribution in [3.05, 3.63) is 69.7 Å². The fourth-order valence-electron chi connectivity index (χ4n) is 1.90. The molecular weight excluding hydrogens is 443 g/mol. The number of rotatable bonds is 6. The van der Waals surface area contributed by atoms with Gasteiger partial charge in [0.25, 0.3) is 0 Å². The first-order valence-corrected chi connectivity index (χ1v) is 10.4. The van der Waals surface area contributed by atoms with Gasteiger partial charge in [-0.3, -0.25) is 0 Å². The third kappa shape index (κ3) is 9.70. The maximum absolute atomic E-state index is 12.1. The third-order valence-electron chi connectivity index (χ3n) is 4.39. The minimum atomic E-state index is -0.944. The molecule has 3 atom stereocenters. The molecule has 31 heavy (non-hydrogen) atoms. The minimum absolute atomic E-state index is 0.336. The molecule has 0 saturated heterocycles. The van der Waals surface area contributed by atoms with Gasteiger partial charge in [0.1, 0.15) is 12.2 Å². The fourth-order valence-corrected chi connectivity index (χ4v) is 2.28. The van der Waals surface area contributed by atoms with E-state index in [1.54, 1.807) is 71.0 Å². The van der Waals surface area contributed by atoms with Gasteiger partial charge in [-0.1, -0.05) is 35.3 Å². The van der Waals surface area contributed by atoms with E-state index in [1.165, 1.54) is 12.1 Å². The van der Waals surface area contributed by atoms with Crippen molar-refractivity contribution in [3.63, 3.8) is 0 Å². The Labute approximate surface area is 192 Å². The Hall–Kier alpha value is -2.12. The summed E-state index contributed by atoms with van der Waals surface area (Å²) in [6, 6.07) is 12.9. The van der Waals surface area contributed by atoms with Crippen LogP contribution in [0.2, 0.25) is 10.0 Å². The van der Waals surface area contributed by atoms with E-state index in [0.29, 0.717) is 21.2 Å². The van der Waals surface area contributed by atoms with Crippen LogP contribution in [0.4, 0.5) is 0 Å². The van der Waals surface area contributed by atoms with Gasteiger partial charge in [-0.05, 0) is 71.0 Å². The highest BCUT2D eigenvalue weighted by molar-refractivity contribution is 6.31. The van der Waals surface area contributed by atoms with Crippen molar-refractivity contribution < 1.29 is 29.3 Å². The average molecular weight is 471 g/mol. The van der Waals surface area contributed by atoms with Crippen molar-refractivity contribution in [1.29, 1.82) is 0 Å². The molecule has 0 spiro atoms. The van der Waals surface area contributed by atoms with E-state index in [-0.39, 0.29) is 0 Å². The second-order valence-electron chi connectivity index (χ2n) is 7.57. The van der Waals surface area contributed by atoms with Crippen molar-refractivity contribution in [2.45, 2.75) is 58.5 Å². The molecule has 3 unspecified atom stereocenters. The van der Waals surface area contributed by atoms with Crippen molar-refractivity contribution >= 4 is 35.1 Å². The van der Waals surface area contributed by atoms with Crippen LogP contribution in [0.15, 0.2) is 48.5 Å². The van der Waals surface area contributed by atoms with Crippen molar-refractivity contribution in [1.82, 2.24) is 0 Å². The molecule has 6 nitrogen and oxygen atoms in total. The molecule has 0 radical (unpaired) electrons. The fraction of sp³-hybridized carbons (Fsp3) is 0.391. The predicted molar refractivity (Wildman–Crippen MR) is 121 cm³/mol. The molecule has 0 bridgehead atoms. The second kappa shape index (κ2) is 12.1. The highest BCUT2D eigenvalue weighted by Crippen LogP contribution is 2.16. The summed E-state index contributed by atoms with van der Waals surface area (Å²) in [7, 11) is 0. The molecule has 2 rings (SSSR count). The van der Waals surface area contributed by atoms with Gasteiger partial charge in [0, 0.05) is 10.0 Å². The highest BCUT2D eigenvalue weighted by Gasteiger charge is 2.22. The first-order chi connectivity index (χ1) is 14.3. The van der Waals surface area contributed by atoms with Crippen LogP contribution in [-0.2, 0) is 9.47 Å². The molecule has 0 aliphatic heterocycles. The number of hydrogen-bond acceptors (Lipinski definition) is 6. The first-order valence-electron chi connectivity index (χ1n) is 9.64. The molecule has 0 aliphatic carbocycles. The molecule has 170 valence electrons. The topological polar surface area (TPSA) is 93.1 Å². The maximum atomic E-state index is 12.1. The van der Waals surface area contributed by atoms with Crippen molar-refractivity contribution in [2.75, 3.05) is 0 Å². The summed E-state index contributed by atoms with van der Waals surface area (Å²) in [5.74, 6) is -1.06. The quantitative estimate of drug-likeness (QED) is 0.581. The van der Waals surface area contributed by atoms with Crippen LogP contribution in [0.5, 0.6) is 0 Å². The van der Waals surface area contributed by atoms with Crippen LogP contribution in [-0.4, -0.2) is 46.1 Å². The Kier molecular flexibility index (Phi) is 10.5. The number of carbonyl (C=O) groups excluding carboxylic acids is 2. The highest BCUT2D eigenvalue weighted by atomic mass is 35.5. The van der Waals surface area contributed by atoms with E-state index in [4.69, 9.17) is 42.9 Å². The summed E-state index contributed by atoms with van der Waals surface area (Å²) >= 11 is 11.7. The standard InChI is InChI=1S/C18H16Cl2O4.C5H12O2/c1-11(23-17(21)13-5-3-7-15(19)9-13)12(2)24-18(22)14-6-4-8-16(20)10-14;1-4(6)5(2,3)7/h3-12H,1-2H3;4,6-7H,1-3H3. The molecule has 2 aromatic carbocycles. The van der Waals surface area contributed by atoms with Gasteiger partial charge < -0.3 is 19.7 Å². The van der Waals surface area contributed by atoms with Crippen LogP contribution in [0.25, 0.3) is 0 Å². The molecule has 8 heteroatoms. The smallest absolute Gasteiger partial charge is 0.338 e. The van der Waals surface area contributed by atoms with E-state index >= 15 is 0 Å². The van der Waals surface area contributed by atoms with Crippen LogP contribution in [0, 0.1) is 0 Å². The Morgan fingerprint density at radius 1 is 0.839 bits per heavy atom. The zero-order chi connectivity index (χ0) is 23.8. The second-order valence-corrected chi connectivity index (χ2v) is 8.44. The number of esters is 2.